The van der Waals surface area contributed by atoms with Crippen LogP contribution in [0, 0.1) is 5.92 Å². The van der Waals surface area contributed by atoms with Crippen LogP contribution in [0.3, 0.4) is 0 Å². The topological polar surface area (TPSA) is 66.4 Å². The summed E-state index contributed by atoms with van der Waals surface area (Å²) in [7, 11) is 0. The third kappa shape index (κ3) is 10.1. The van der Waals surface area contributed by atoms with Crippen LogP contribution in [0.25, 0.3) is 0 Å². The molecule has 0 saturated carbocycles. The van der Waals surface area contributed by atoms with E-state index in [4.69, 9.17) is 23.7 Å². The molecule has 5 rings (SSSR count). The Bertz CT molecular complexity index is 1350. The summed E-state index contributed by atoms with van der Waals surface area (Å²) in [5.74, 6) is 0.266. The van der Waals surface area contributed by atoms with Crippen LogP contribution in [0.1, 0.15) is 42.5 Å². The minimum absolute atomic E-state index is 0.266. The second-order valence-corrected chi connectivity index (χ2v) is 12.1. The number of rotatable bonds is 16. The summed E-state index contributed by atoms with van der Waals surface area (Å²) >= 11 is 0. The van der Waals surface area contributed by atoms with Crippen molar-refractivity contribution in [2.45, 2.75) is 83.3 Å². The predicted molar refractivity (Wildman–Crippen MR) is 175 cm³/mol. The van der Waals surface area contributed by atoms with E-state index in [-0.39, 0.29) is 12.5 Å². The Balaban J connectivity index is 1.45. The second-order valence-electron chi connectivity index (χ2n) is 12.1. The molecule has 45 heavy (non-hydrogen) atoms. The summed E-state index contributed by atoms with van der Waals surface area (Å²) in [6.45, 7) is 6.01. The maximum atomic E-state index is 11.6. The zero-order valence-corrected chi connectivity index (χ0v) is 26.3. The van der Waals surface area contributed by atoms with Gasteiger partial charge < -0.3 is 28.8 Å². The maximum Gasteiger partial charge on any atom is 0.116 e. The molecule has 4 aromatic carbocycles. The molecule has 0 aliphatic carbocycles. The van der Waals surface area contributed by atoms with Gasteiger partial charge in [0.2, 0.25) is 0 Å². The van der Waals surface area contributed by atoms with Crippen molar-refractivity contribution in [2.24, 2.45) is 5.92 Å². The molecule has 0 amide bonds. The first-order valence-electron chi connectivity index (χ1n) is 16.0. The van der Waals surface area contributed by atoms with Gasteiger partial charge in [0, 0.05) is 0 Å². The van der Waals surface area contributed by atoms with Gasteiger partial charge in [0.15, 0.2) is 0 Å². The van der Waals surface area contributed by atoms with Crippen molar-refractivity contribution in [3.63, 3.8) is 0 Å². The lowest BCUT2D eigenvalue weighted by Crippen LogP contribution is -2.63. The summed E-state index contributed by atoms with van der Waals surface area (Å²) in [6.07, 6.45) is -2.99. The van der Waals surface area contributed by atoms with Gasteiger partial charge in [-0.25, -0.2) is 0 Å². The Labute approximate surface area is 267 Å². The minimum Gasteiger partial charge on any atom is -0.390 e. The minimum atomic E-state index is -0.764. The Morgan fingerprint density at radius 3 is 1.40 bits per heavy atom. The van der Waals surface area contributed by atoms with Gasteiger partial charge in [-0.1, -0.05) is 135 Å². The molecule has 1 aliphatic rings. The zero-order chi connectivity index (χ0) is 31.3. The highest BCUT2D eigenvalue weighted by atomic mass is 16.6. The molecule has 1 heterocycles. The first kappa shape index (κ1) is 33.0. The summed E-state index contributed by atoms with van der Waals surface area (Å²) in [4.78, 5) is 0. The Kier molecular flexibility index (Phi) is 12.7. The van der Waals surface area contributed by atoms with E-state index >= 15 is 0 Å². The van der Waals surface area contributed by atoms with E-state index in [1.165, 1.54) is 0 Å². The molecule has 238 valence electrons. The summed E-state index contributed by atoms with van der Waals surface area (Å²) in [5, 5.41) is 11.6. The Morgan fingerprint density at radius 2 is 0.956 bits per heavy atom. The van der Waals surface area contributed by atoms with Crippen molar-refractivity contribution in [3.8, 4) is 0 Å². The number of ether oxygens (including phenoxy) is 5. The van der Waals surface area contributed by atoms with Crippen LogP contribution in [0.2, 0.25) is 0 Å². The average molecular weight is 611 g/mol. The molecule has 0 radical (unpaired) electrons. The standard InChI is InChI=1S/C39H46O6/c1-29(2)23-34(40)36-38(43-26-32-19-11-5-12-20-32)39(44-27-33-21-13-6-14-22-33)37(42-25-31-17-9-4-10-18-31)35(45-36)28-41-24-30-15-7-3-8-16-30/h3-22,29,34-40H,23-28H2,1-2H3/t34-,35-,36+,37-,38+,39+/m1/s1. The number of aliphatic hydroxyl groups is 1. The zero-order valence-electron chi connectivity index (χ0n) is 26.3. The first-order chi connectivity index (χ1) is 22.1. The quantitative estimate of drug-likeness (QED) is 0.146. The largest absolute Gasteiger partial charge is 0.390 e. The fraction of sp³-hybridized carbons (Fsp3) is 0.385. The van der Waals surface area contributed by atoms with Crippen molar-refractivity contribution in [3.05, 3.63) is 144 Å². The number of hydrogen-bond donors (Lipinski definition) is 1. The number of hydrogen-bond acceptors (Lipinski definition) is 6. The molecule has 0 spiro atoms. The van der Waals surface area contributed by atoms with Gasteiger partial charge in [-0.15, -0.1) is 0 Å². The summed E-state index contributed by atoms with van der Waals surface area (Å²) in [5.41, 5.74) is 4.20. The monoisotopic (exact) mass is 610 g/mol. The van der Waals surface area contributed by atoms with Crippen molar-refractivity contribution < 1.29 is 28.8 Å². The van der Waals surface area contributed by atoms with Gasteiger partial charge in [0.05, 0.1) is 39.1 Å². The molecule has 0 aromatic heterocycles. The molecule has 6 atom stereocenters. The Hall–Kier alpha value is -3.36. The van der Waals surface area contributed by atoms with E-state index in [9.17, 15) is 5.11 Å². The van der Waals surface area contributed by atoms with Gasteiger partial charge in [-0.2, -0.15) is 0 Å². The molecule has 0 bridgehead atoms. The predicted octanol–water partition coefficient (Wildman–Crippen LogP) is 7.13. The fourth-order valence-electron chi connectivity index (χ4n) is 5.75. The molecule has 1 saturated heterocycles. The molecular formula is C39H46O6. The Morgan fingerprint density at radius 1 is 0.556 bits per heavy atom. The SMILES string of the molecule is CC(C)C[C@@H](O)[C@@H]1O[C@H](COCc2ccccc2)[C@@H](OCc2ccccc2)[C@H](OCc2ccccc2)[C@H]1OCc1ccccc1. The second kappa shape index (κ2) is 17.4. The van der Waals surface area contributed by atoms with Crippen LogP contribution in [0.5, 0.6) is 0 Å². The third-order valence-corrected chi connectivity index (χ3v) is 8.01. The average Bonchev–Trinajstić information content (AvgIpc) is 3.07. The van der Waals surface area contributed by atoms with Crippen LogP contribution < -0.4 is 0 Å². The highest BCUT2D eigenvalue weighted by Crippen LogP contribution is 2.33. The molecule has 1 N–H and O–H groups in total. The lowest BCUT2D eigenvalue weighted by molar-refractivity contribution is -0.287. The van der Waals surface area contributed by atoms with Crippen molar-refractivity contribution in [1.82, 2.24) is 0 Å². The molecule has 0 unspecified atom stereocenters. The molecule has 4 aromatic rings. The molecule has 1 aliphatic heterocycles. The van der Waals surface area contributed by atoms with E-state index in [0.717, 1.165) is 22.3 Å². The lowest BCUT2D eigenvalue weighted by atomic mass is 9.88. The highest BCUT2D eigenvalue weighted by molar-refractivity contribution is 5.16. The fourth-order valence-corrected chi connectivity index (χ4v) is 5.75. The van der Waals surface area contributed by atoms with Crippen LogP contribution in [-0.2, 0) is 50.1 Å². The summed E-state index contributed by atoms with van der Waals surface area (Å²) < 4.78 is 33.1. The lowest BCUT2D eigenvalue weighted by Gasteiger charge is -2.47. The van der Waals surface area contributed by atoms with Crippen LogP contribution in [-0.4, -0.2) is 48.3 Å². The molecule has 6 nitrogen and oxygen atoms in total. The number of aliphatic hydroxyl groups excluding tert-OH is 1. The smallest absolute Gasteiger partial charge is 0.116 e. The third-order valence-electron chi connectivity index (χ3n) is 8.01. The van der Waals surface area contributed by atoms with Crippen LogP contribution in [0.15, 0.2) is 121 Å². The van der Waals surface area contributed by atoms with Crippen LogP contribution >= 0.6 is 0 Å². The van der Waals surface area contributed by atoms with E-state index < -0.39 is 36.6 Å². The van der Waals surface area contributed by atoms with Crippen LogP contribution in [0.4, 0.5) is 0 Å². The van der Waals surface area contributed by atoms with Gasteiger partial charge in [0.25, 0.3) is 0 Å². The molecular weight excluding hydrogens is 564 g/mol. The van der Waals surface area contributed by atoms with Gasteiger partial charge in [-0.05, 0) is 34.6 Å². The van der Waals surface area contributed by atoms with E-state index in [0.29, 0.717) is 32.8 Å². The molecule has 6 heteroatoms. The first-order valence-corrected chi connectivity index (χ1v) is 16.0. The van der Waals surface area contributed by atoms with Gasteiger partial charge in [0.1, 0.15) is 30.5 Å². The van der Waals surface area contributed by atoms with E-state index in [2.05, 4.69) is 13.8 Å². The van der Waals surface area contributed by atoms with Gasteiger partial charge in [-0.3, -0.25) is 0 Å². The summed E-state index contributed by atoms with van der Waals surface area (Å²) in [6, 6.07) is 40.3. The van der Waals surface area contributed by atoms with Crippen molar-refractivity contribution >= 4 is 0 Å². The normalized spacial score (nSPS) is 22.4. The van der Waals surface area contributed by atoms with Crippen molar-refractivity contribution in [2.75, 3.05) is 6.61 Å². The van der Waals surface area contributed by atoms with E-state index in [1.54, 1.807) is 0 Å². The number of benzene rings is 4. The highest BCUT2D eigenvalue weighted by Gasteiger charge is 2.50. The molecule has 1 fully saturated rings. The maximum absolute atomic E-state index is 11.6. The van der Waals surface area contributed by atoms with E-state index in [1.807, 2.05) is 121 Å². The van der Waals surface area contributed by atoms with Crippen molar-refractivity contribution in [1.29, 1.82) is 0 Å². The van der Waals surface area contributed by atoms with Gasteiger partial charge >= 0.3 is 0 Å².